The lowest BCUT2D eigenvalue weighted by molar-refractivity contribution is -0.255. The summed E-state index contributed by atoms with van der Waals surface area (Å²) in [6, 6.07) is -0.256. The van der Waals surface area contributed by atoms with Gasteiger partial charge in [-0.15, -0.1) is 0 Å². The van der Waals surface area contributed by atoms with E-state index >= 15 is 0 Å². The van der Waals surface area contributed by atoms with Crippen LogP contribution in [0.25, 0.3) is 0 Å². The van der Waals surface area contributed by atoms with E-state index in [9.17, 15) is 26.0 Å². The summed E-state index contributed by atoms with van der Waals surface area (Å²) in [5, 5.41) is 65.3. The van der Waals surface area contributed by atoms with E-state index in [0.29, 0.717) is 76.1 Å². The summed E-state index contributed by atoms with van der Waals surface area (Å²) in [5.41, 5.74) is -5.88. The molecule has 1 aromatic rings. The van der Waals surface area contributed by atoms with Crippen LogP contribution < -0.4 is 14.5 Å². The molecule has 0 bridgehead atoms. The Bertz CT molecular complexity index is 1580. The van der Waals surface area contributed by atoms with E-state index in [0.717, 1.165) is 0 Å². The Kier molecular flexibility index (Phi) is 12.9. The quantitative estimate of drug-likeness (QED) is 0.167. The highest BCUT2D eigenvalue weighted by Crippen LogP contribution is 2.49. The average molecular weight is 903 g/mol. The van der Waals surface area contributed by atoms with Gasteiger partial charge >= 0.3 is 6.01 Å². The van der Waals surface area contributed by atoms with Gasteiger partial charge in [0.1, 0.15) is 6.10 Å². The lowest BCUT2D eigenvalue weighted by Crippen LogP contribution is -2.68. The zero-order valence-corrected chi connectivity index (χ0v) is 43.6. The van der Waals surface area contributed by atoms with Crippen molar-refractivity contribution in [3.05, 3.63) is 0 Å². The normalized spacial score (nSPS) is 30.3. The number of aromatic nitrogens is 3. The first-order chi connectivity index (χ1) is 28.7. The number of piperidine rings is 5. The minimum Gasteiger partial charge on any atom is -0.460 e. The van der Waals surface area contributed by atoms with Gasteiger partial charge in [0.2, 0.25) is 11.9 Å². The van der Waals surface area contributed by atoms with E-state index in [2.05, 4.69) is 121 Å². The average Bonchev–Trinajstić information content (AvgIpc) is 3.09. The summed E-state index contributed by atoms with van der Waals surface area (Å²) in [6.07, 6.45) is 5.76. The maximum absolute atomic E-state index is 11.6. The molecule has 5 fully saturated rings. The van der Waals surface area contributed by atoms with Crippen molar-refractivity contribution in [2.75, 3.05) is 9.80 Å². The molecular formula is C48H90N10O6. The summed E-state index contributed by atoms with van der Waals surface area (Å²) >= 11 is 0. The van der Waals surface area contributed by atoms with Gasteiger partial charge in [-0.05, 0) is 190 Å². The SMILES string of the molecule is CC1(C)CC(Oc2nc(N(C3CC(C)(C)N(O)C(C)(C)C3)C3CC(C)(C)N(O)C(C)(C)C3)nc(N(C3CC(C)(C)N(O)C(C)(C)C3)C3CC(C)(C)N(O)C(C)(C)C3)n2)CC(C)(C)N1O. The molecule has 0 amide bonds. The van der Waals surface area contributed by atoms with Crippen molar-refractivity contribution in [2.24, 2.45) is 0 Å². The molecule has 5 N–H and O–H groups in total. The number of hydrogen-bond donors (Lipinski definition) is 5. The Morgan fingerprint density at radius 2 is 0.531 bits per heavy atom. The zero-order valence-electron chi connectivity index (χ0n) is 43.6. The first kappa shape index (κ1) is 51.4. The fourth-order valence-corrected chi connectivity index (χ4v) is 13.9. The molecule has 16 nitrogen and oxygen atoms in total. The maximum Gasteiger partial charge on any atom is 0.323 e. The predicted octanol–water partition coefficient (Wildman–Crippen LogP) is 8.92. The Morgan fingerprint density at radius 3 is 0.734 bits per heavy atom. The molecule has 0 aliphatic carbocycles. The van der Waals surface area contributed by atoms with Crippen LogP contribution in [0.5, 0.6) is 6.01 Å². The molecule has 1 aromatic heterocycles. The van der Waals surface area contributed by atoms with Gasteiger partial charge in [0.25, 0.3) is 0 Å². The molecule has 6 heterocycles. The van der Waals surface area contributed by atoms with E-state index in [4.69, 9.17) is 19.7 Å². The highest BCUT2D eigenvalue weighted by Gasteiger charge is 2.55. The van der Waals surface area contributed by atoms with Gasteiger partial charge in [-0.3, -0.25) is 0 Å². The number of hydrogen-bond acceptors (Lipinski definition) is 16. The molecule has 0 atom stereocenters. The van der Waals surface area contributed by atoms with Crippen LogP contribution in [-0.4, -0.2) is 152 Å². The van der Waals surface area contributed by atoms with E-state index in [1.165, 1.54) is 25.3 Å². The largest absolute Gasteiger partial charge is 0.460 e. The van der Waals surface area contributed by atoms with Gasteiger partial charge in [0, 0.05) is 92.4 Å². The van der Waals surface area contributed by atoms with Gasteiger partial charge in [-0.2, -0.15) is 40.3 Å². The van der Waals surface area contributed by atoms with Gasteiger partial charge in [0.15, 0.2) is 0 Å². The molecule has 5 saturated heterocycles. The molecule has 0 aromatic carbocycles. The van der Waals surface area contributed by atoms with Crippen LogP contribution in [0.3, 0.4) is 0 Å². The summed E-state index contributed by atoms with van der Waals surface area (Å²) in [4.78, 5) is 21.2. The third-order valence-electron chi connectivity index (χ3n) is 16.0. The Hall–Kier alpha value is -1.99. The summed E-state index contributed by atoms with van der Waals surface area (Å²) in [7, 11) is 0. The third-order valence-corrected chi connectivity index (χ3v) is 16.0. The standard InChI is InChI=1S/C48H90N10O6/c1-39(2)21-31(22-40(3,4)54(39)59)52(32-23-41(5,6)55(60)42(7,8)24-32)36-49-37(51-38(50-36)64-35-29-47(17,18)58(63)48(19,20)30-35)53(33-25-43(9,10)56(61)44(11,12)26-33)34-27-45(13,14)57(62)46(15,16)28-34/h31-35,59-63H,21-30H2,1-20H3. The van der Waals surface area contributed by atoms with Crippen molar-refractivity contribution in [1.29, 1.82) is 0 Å². The molecule has 0 unspecified atom stereocenters. The molecule has 6 rings (SSSR count). The molecule has 0 saturated carbocycles. The third kappa shape index (κ3) is 9.54. The van der Waals surface area contributed by atoms with Crippen molar-refractivity contribution in [3.8, 4) is 6.01 Å². The van der Waals surface area contributed by atoms with Crippen molar-refractivity contribution in [1.82, 2.24) is 40.3 Å². The Morgan fingerprint density at radius 1 is 0.344 bits per heavy atom. The van der Waals surface area contributed by atoms with Gasteiger partial charge in [-0.25, -0.2) is 0 Å². The maximum atomic E-state index is 11.6. The Labute approximate surface area is 386 Å². The molecule has 64 heavy (non-hydrogen) atoms. The van der Waals surface area contributed by atoms with E-state index in [-0.39, 0.29) is 36.3 Å². The highest BCUT2D eigenvalue weighted by molar-refractivity contribution is 5.46. The molecular weight excluding hydrogens is 813 g/mol. The zero-order chi connectivity index (χ0) is 48.6. The Balaban J connectivity index is 1.62. The molecule has 0 radical (unpaired) electrons. The molecule has 16 heteroatoms. The number of ether oxygens (including phenoxy) is 1. The second kappa shape index (κ2) is 16.0. The monoisotopic (exact) mass is 903 g/mol. The minimum atomic E-state index is -0.588. The van der Waals surface area contributed by atoms with Gasteiger partial charge in [0.05, 0.1) is 0 Å². The van der Waals surface area contributed by atoms with E-state index in [1.54, 1.807) is 0 Å². The summed E-state index contributed by atoms with van der Waals surface area (Å²) in [5.74, 6) is 0.982. The molecule has 368 valence electrons. The van der Waals surface area contributed by atoms with Crippen molar-refractivity contribution < 1.29 is 30.8 Å². The fourth-order valence-electron chi connectivity index (χ4n) is 13.9. The smallest absolute Gasteiger partial charge is 0.323 e. The summed E-state index contributed by atoms with van der Waals surface area (Å²) < 4.78 is 7.06. The lowest BCUT2D eigenvalue weighted by atomic mass is 9.74. The minimum absolute atomic E-state index is 0.117. The molecule has 0 spiro atoms. The second-order valence-electron chi connectivity index (χ2n) is 27.1. The number of rotatable bonds is 8. The van der Waals surface area contributed by atoms with Gasteiger partial charge in [-0.1, -0.05) is 0 Å². The first-order valence-corrected chi connectivity index (χ1v) is 24.1. The fraction of sp³-hybridized carbons (Fsp3) is 0.938. The van der Waals surface area contributed by atoms with Crippen LogP contribution >= 0.6 is 0 Å². The van der Waals surface area contributed by atoms with Crippen LogP contribution in [0, 0.1) is 0 Å². The van der Waals surface area contributed by atoms with E-state index < -0.39 is 55.4 Å². The summed E-state index contributed by atoms with van der Waals surface area (Å²) in [6.45, 7) is 41.5. The lowest BCUT2D eigenvalue weighted by Gasteiger charge is -2.58. The van der Waals surface area contributed by atoms with Crippen LogP contribution in [0.15, 0.2) is 0 Å². The number of nitrogens with zero attached hydrogens (tertiary/aromatic N) is 10. The molecule has 5 aliphatic rings. The number of hydroxylamine groups is 10. The first-order valence-electron chi connectivity index (χ1n) is 24.1. The van der Waals surface area contributed by atoms with Crippen molar-refractivity contribution in [2.45, 2.75) is 288 Å². The van der Waals surface area contributed by atoms with Crippen LogP contribution in [0.4, 0.5) is 11.9 Å². The van der Waals surface area contributed by atoms with Crippen molar-refractivity contribution in [3.63, 3.8) is 0 Å². The van der Waals surface area contributed by atoms with E-state index in [1.807, 2.05) is 27.7 Å². The van der Waals surface area contributed by atoms with Crippen LogP contribution in [0.2, 0.25) is 0 Å². The van der Waals surface area contributed by atoms with Crippen LogP contribution in [-0.2, 0) is 0 Å². The topological polar surface area (TPSA) is 172 Å². The number of anilines is 2. The second-order valence-corrected chi connectivity index (χ2v) is 27.1. The predicted molar refractivity (Wildman–Crippen MR) is 249 cm³/mol. The van der Waals surface area contributed by atoms with Crippen molar-refractivity contribution >= 4 is 11.9 Å². The van der Waals surface area contributed by atoms with Crippen LogP contribution in [0.1, 0.15) is 203 Å². The van der Waals surface area contributed by atoms with Gasteiger partial charge < -0.3 is 40.6 Å². The molecule has 5 aliphatic heterocycles. The highest BCUT2D eigenvalue weighted by atomic mass is 16.5.